The highest BCUT2D eigenvalue weighted by molar-refractivity contribution is 5.80. The highest BCUT2D eigenvalue weighted by Crippen LogP contribution is 2.24. The predicted octanol–water partition coefficient (Wildman–Crippen LogP) is 1.65. The molecule has 0 radical (unpaired) electrons. The number of carbonyl (C=O) groups excluding carboxylic acids is 1. The highest BCUT2D eigenvalue weighted by atomic mass is 16.2. The van der Waals surface area contributed by atoms with E-state index in [1.165, 1.54) is 23.1 Å². The van der Waals surface area contributed by atoms with Gasteiger partial charge in [-0.25, -0.2) is 0 Å². The molecule has 1 aromatic carbocycles. The standard InChI is InChI=1S/C21H26N4O/c22-20-14-25(12-15-5-2-1-3-6-15)13-19(20)21(26)24-11-17-10-23-9-16-7-4-8-18(16)17/h1-3,5-6,9-10,19-20H,4,7-8,11-14,22H2,(H,24,26). The summed E-state index contributed by atoms with van der Waals surface area (Å²) in [4.78, 5) is 19.3. The molecule has 1 aliphatic carbocycles. The van der Waals surface area contributed by atoms with E-state index in [2.05, 4.69) is 27.3 Å². The SMILES string of the molecule is NC1CN(Cc2ccccc2)CC1C(=O)NCc1cncc2c1CCC2. The van der Waals surface area contributed by atoms with Crippen LogP contribution in [0.3, 0.4) is 0 Å². The van der Waals surface area contributed by atoms with Crippen molar-refractivity contribution in [3.63, 3.8) is 0 Å². The van der Waals surface area contributed by atoms with E-state index in [1.807, 2.05) is 30.6 Å². The lowest BCUT2D eigenvalue weighted by atomic mass is 10.0. The van der Waals surface area contributed by atoms with Crippen LogP contribution in [-0.2, 0) is 30.7 Å². The number of amides is 1. The fourth-order valence-corrected chi connectivity index (χ4v) is 4.20. The predicted molar refractivity (Wildman–Crippen MR) is 101 cm³/mol. The van der Waals surface area contributed by atoms with Gasteiger partial charge in [-0.1, -0.05) is 30.3 Å². The van der Waals surface area contributed by atoms with Crippen LogP contribution in [0.1, 0.15) is 28.7 Å². The first kappa shape index (κ1) is 17.2. The number of nitrogens with one attached hydrogen (secondary N) is 1. The maximum atomic E-state index is 12.7. The van der Waals surface area contributed by atoms with Gasteiger partial charge in [-0.05, 0) is 41.5 Å². The van der Waals surface area contributed by atoms with E-state index in [4.69, 9.17) is 5.73 Å². The van der Waals surface area contributed by atoms with Crippen molar-refractivity contribution in [2.24, 2.45) is 11.7 Å². The van der Waals surface area contributed by atoms with Crippen LogP contribution in [0, 0.1) is 5.92 Å². The number of fused-ring (bicyclic) bond motifs is 1. The van der Waals surface area contributed by atoms with Crippen molar-refractivity contribution >= 4 is 5.91 Å². The lowest BCUT2D eigenvalue weighted by Gasteiger charge is -2.16. The maximum absolute atomic E-state index is 12.7. The number of aryl methyl sites for hydroxylation is 1. The highest BCUT2D eigenvalue weighted by Gasteiger charge is 2.35. The Bertz CT molecular complexity index is 777. The van der Waals surface area contributed by atoms with Gasteiger partial charge in [0.2, 0.25) is 5.91 Å². The lowest BCUT2D eigenvalue weighted by molar-refractivity contribution is -0.125. The van der Waals surface area contributed by atoms with Gasteiger partial charge in [0.15, 0.2) is 0 Å². The molecule has 5 heteroatoms. The third-order valence-corrected chi connectivity index (χ3v) is 5.59. The number of aromatic nitrogens is 1. The molecule has 26 heavy (non-hydrogen) atoms. The number of hydrogen-bond acceptors (Lipinski definition) is 4. The van der Waals surface area contributed by atoms with Gasteiger partial charge in [0, 0.05) is 44.6 Å². The maximum Gasteiger partial charge on any atom is 0.226 e. The number of rotatable bonds is 5. The minimum atomic E-state index is -0.150. The molecule has 0 spiro atoms. The van der Waals surface area contributed by atoms with Gasteiger partial charge in [-0.2, -0.15) is 0 Å². The van der Waals surface area contributed by atoms with Crippen LogP contribution in [0.15, 0.2) is 42.7 Å². The summed E-state index contributed by atoms with van der Waals surface area (Å²) in [5.74, 6) is -0.0907. The van der Waals surface area contributed by atoms with E-state index in [0.717, 1.165) is 31.5 Å². The molecular formula is C21H26N4O. The molecule has 4 rings (SSSR count). The topological polar surface area (TPSA) is 71.2 Å². The van der Waals surface area contributed by atoms with E-state index in [-0.39, 0.29) is 17.9 Å². The Labute approximate surface area is 154 Å². The first-order valence-electron chi connectivity index (χ1n) is 9.45. The monoisotopic (exact) mass is 350 g/mol. The van der Waals surface area contributed by atoms with Gasteiger partial charge in [-0.3, -0.25) is 14.7 Å². The first-order valence-corrected chi connectivity index (χ1v) is 9.45. The number of hydrogen-bond donors (Lipinski definition) is 2. The van der Waals surface area contributed by atoms with Gasteiger partial charge < -0.3 is 11.1 Å². The van der Waals surface area contributed by atoms with Crippen LogP contribution in [-0.4, -0.2) is 34.9 Å². The van der Waals surface area contributed by atoms with Gasteiger partial charge in [0.05, 0.1) is 5.92 Å². The second-order valence-electron chi connectivity index (χ2n) is 7.46. The van der Waals surface area contributed by atoms with E-state index in [1.54, 1.807) is 0 Å². The van der Waals surface area contributed by atoms with Crippen LogP contribution in [0.2, 0.25) is 0 Å². The first-order chi connectivity index (χ1) is 12.7. The largest absolute Gasteiger partial charge is 0.352 e. The number of carbonyl (C=O) groups is 1. The minimum Gasteiger partial charge on any atom is -0.352 e. The van der Waals surface area contributed by atoms with Crippen molar-refractivity contribution in [3.8, 4) is 0 Å². The van der Waals surface area contributed by atoms with Crippen molar-refractivity contribution < 1.29 is 4.79 Å². The molecule has 2 atom stereocenters. The van der Waals surface area contributed by atoms with E-state index < -0.39 is 0 Å². The summed E-state index contributed by atoms with van der Waals surface area (Å²) < 4.78 is 0. The molecule has 5 nitrogen and oxygen atoms in total. The van der Waals surface area contributed by atoms with Crippen molar-refractivity contribution in [2.75, 3.05) is 13.1 Å². The Morgan fingerprint density at radius 3 is 2.88 bits per heavy atom. The molecule has 1 saturated heterocycles. The number of pyridine rings is 1. The molecular weight excluding hydrogens is 324 g/mol. The second-order valence-corrected chi connectivity index (χ2v) is 7.46. The van der Waals surface area contributed by atoms with E-state index in [9.17, 15) is 4.79 Å². The summed E-state index contributed by atoms with van der Waals surface area (Å²) in [5.41, 5.74) is 11.4. The Hall–Kier alpha value is -2.24. The Balaban J connectivity index is 1.34. The number of nitrogens with two attached hydrogens (primary N) is 1. The van der Waals surface area contributed by atoms with Crippen LogP contribution in [0.4, 0.5) is 0 Å². The average molecular weight is 350 g/mol. The van der Waals surface area contributed by atoms with Gasteiger partial charge in [0.25, 0.3) is 0 Å². The smallest absolute Gasteiger partial charge is 0.226 e. The summed E-state index contributed by atoms with van der Waals surface area (Å²) >= 11 is 0. The molecule has 0 saturated carbocycles. The Morgan fingerprint density at radius 2 is 2.04 bits per heavy atom. The zero-order valence-corrected chi connectivity index (χ0v) is 15.0. The molecule has 2 unspecified atom stereocenters. The van der Waals surface area contributed by atoms with Crippen LogP contribution in [0.25, 0.3) is 0 Å². The molecule has 1 aromatic heterocycles. The van der Waals surface area contributed by atoms with Gasteiger partial charge >= 0.3 is 0 Å². The van der Waals surface area contributed by atoms with Gasteiger partial charge in [0.1, 0.15) is 0 Å². The third-order valence-electron chi connectivity index (χ3n) is 5.59. The Kier molecular flexibility index (Phi) is 5.00. The fourth-order valence-electron chi connectivity index (χ4n) is 4.20. The molecule has 1 amide bonds. The van der Waals surface area contributed by atoms with Crippen LogP contribution in [0.5, 0.6) is 0 Å². The normalized spacial score (nSPS) is 22.3. The summed E-state index contributed by atoms with van der Waals surface area (Å²) in [6.07, 6.45) is 7.23. The molecule has 2 aliphatic rings. The van der Waals surface area contributed by atoms with Crippen molar-refractivity contribution in [1.82, 2.24) is 15.2 Å². The van der Waals surface area contributed by atoms with Crippen molar-refractivity contribution in [1.29, 1.82) is 0 Å². The van der Waals surface area contributed by atoms with Crippen molar-refractivity contribution in [2.45, 2.75) is 38.4 Å². The van der Waals surface area contributed by atoms with Gasteiger partial charge in [-0.15, -0.1) is 0 Å². The zero-order chi connectivity index (χ0) is 17.9. The third kappa shape index (κ3) is 3.64. The number of nitrogens with zero attached hydrogens (tertiary/aromatic N) is 2. The zero-order valence-electron chi connectivity index (χ0n) is 15.0. The van der Waals surface area contributed by atoms with E-state index >= 15 is 0 Å². The second kappa shape index (κ2) is 7.56. The Morgan fingerprint density at radius 1 is 1.19 bits per heavy atom. The number of likely N-dealkylation sites (tertiary alicyclic amines) is 1. The summed E-state index contributed by atoms with van der Waals surface area (Å²) in [5, 5.41) is 3.10. The summed E-state index contributed by atoms with van der Waals surface area (Å²) in [6.45, 7) is 2.87. The fraction of sp³-hybridized carbons (Fsp3) is 0.429. The molecule has 136 valence electrons. The molecule has 1 aliphatic heterocycles. The molecule has 2 heterocycles. The van der Waals surface area contributed by atoms with Crippen molar-refractivity contribution in [3.05, 3.63) is 65.0 Å². The molecule has 3 N–H and O–H groups in total. The molecule has 0 bridgehead atoms. The molecule has 1 fully saturated rings. The number of benzene rings is 1. The van der Waals surface area contributed by atoms with Crippen LogP contribution >= 0.6 is 0 Å². The van der Waals surface area contributed by atoms with E-state index in [0.29, 0.717) is 13.1 Å². The minimum absolute atomic E-state index is 0.0589. The van der Waals surface area contributed by atoms with Crippen LogP contribution < -0.4 is 11.1 Å². The summed E-state index contributed by atoms with van der Waals surface area (Å²) in [6, 6.07) is 10.2. The quantitative estimate of drug-likeness (QED) is 0.860. The average Bonchev–Trinajstić information content (AvgIpc) is 3.27. The summed E-state index contributed by atoms with van der Waals surface area (Å²) in [7, 11) is 0. The lowest BCUT2D eigenvalue weighted by Crippen LogP contribution is -2.40. The molecule has 2 aromatic rings.